The van der Waals surface area contributed by atoms with E-state index in [9.17, 15) is 18.0 Å². The van der Waals surface area contributed by atoms with Gasteiger partial charge < -0.3 is 14.5 Å². The van der Waals surface area contributed by atoms with Crippen molar-refractivity contribution < 1.29 is 22.7 Å². The quantitative estimate of drug-likeness (QED) is 0.243. The van der Waals surface area contributed by atoms with Crippen molar-refractivity contribution in [1.82, 2.24) is 14.8 Å². The molecule has 0 unspecified atom stereocenters. The minimum Gasteiger partial charge on any atom is -0.496 e. The number of aromatic nitrogens is 1. The number of carbonyl (C=O) groups excluding carboxylic acids is 2. The average Bonchev–Trinajstić information content (AvgIpc) is 2.96. The Morgan fingerprint density at radius 2 is 1.77 bits per heavy atom. The number of amides is 2. The molecule has 40 heavy (non-hydrogen) atoms. The number of allylic oxidation sites excluding steroid dienone is 3. The van der Waals surface area contributed by atoms with Gasteiger partial charge in [-0.2, -0.15) is 0 Å². The van der Waals surface area contributed by atoms with Crippen LogP contribution in [0.15, 0.2) is 87.5 Å². The van der Waals surface area contributed by atoms with E-state index in [2.05, 4.69) is 21.4 Å². The van der Waals surface area contributed by atoms with E-state index in [0.29, 0.717) is 42.1 Å². The smallest absolute Gasteiger partial charge is 0.272 e. The first kappa shape index (κ1) is 28.8. The number of para-hydroxylation sites is 1. The van der Waals surface area contributed by atoms with Crippen molar-refractivity contribution in [2.24, 2.45) is 4.99 Å². The van der Waals surface area contributed by atoms with Gasteiger partial charge in [0, 0.05) is 48.9 Å². The van der Waals surface area contributed by atoms with Crippen LogP contribution in [0.4, 0.5) is 5.69 Å². The number of sulfonamides is 1. The number of fused-ring (bicyclic) bond motifs is 1. The third kappa shape index (κ3) is 6.32. The number of hydrogen-bond donors (Lipinski definition) is 1. The number of benzene rings is 2. The molecule has 12 heteroatoms. The molecule has 0 radical (unpaired) electrons. The number of rotatable bonds is 8. The third-order valence-electron chi connectivity index (χ3n) is 6.28. The molecule has 1 saturated heterocycles. The SMILES string of the molecule is C=N/C(=C\C=C(/C)Cl)C(=O)N1CCN(C(=O)c2ccc(NS(=O)(=O)c3cccc4cccnc34)cc2OC)CC1. The van der Waals surface area contributed by atoms with E-state index in [4.69, 9.17) is 16.3 Å². The zero-order valence-electron chi connectivity index (χ0n) is 22.0. The molecule has 2 aromatic carbocycles. The predicted octanol–water partition coefficient (Wildman–Crippen LogP) is 4.06. The number of halogens is 1. The summed E-state index contributed by atoms with van der Waals surface area (Å²) in [6.45, 7) is 6.35. The molecule has 3 aromatic rings. The highest BCUT2D eigenvalue weighted by Crippen LogP contribution is 2.28. The number of piperazine rings is 1. The first-order valence-corrected chi connectivity index (χ1v) is 14.1. The van der Waals surface area contributed by atoms with E-state index in [1.165, 1.54) is 43.6 Å². The molecular weight excluding hydrogens is 554 g/mol. The summed E-state index contributed by atoms with van der Waals surface area (Å²) in [4.78, 5) is 37.4. The van der Waals surface area contributed by atoms with Gasteiger partial charge in [-0.25, -0.2) is 8.42 Å². The second-order valence-electron chi connectivity index (χ2n) is 8.90. The van der Waals surface area contributed by atoms with Crippen molar-refractivity contribution in [3.8, 4) is 5.75 Å². The second-order valence-corrected chi connectivity index (χ2v) is 11.1. The van der Waals surface area contributed by atoms with Gasteiger partial charge in [0.2, 0.25) is 0 Å². The van der Waals surface area contributed by atoms with Crippen LogP contribution in [0.1, 0.15) is 17.3 Å². The number of aliphatic imine (C=N–C) groups is 1. The molecule has 2 amide bonds. The lowest BCUT2D eigenvalue weighted by Crippen LogP contribution is -2.50. The number of anilines is 1. The summed E-state index contributed by atoms with van der Waals surface area (Å²) in [5.74, 6) is -0.383. The molecule has 2 heterocycles. The van der Waals surface area contributed by atoms with Gasteiger partial charge in [-0.15, -0.1) is 0 Å². The monoisotopic (exact) mass is 581 g/mol. The van der Waals surface area contributed by atoms with Crippen LogP contribution < -0.4 is 9.46 Å². The molecule has 0 spiro atoms. The van der Waals surface area contributed by atoms with E-state index in [-0.39, 0.29) is 39.4 Å². The Labute approximate surface area is 237 Å². The predicted molar refractivity (Wildman–Crippen MR) is 155 cm³/mol. The normalized spacial score (nSPS) is 14.7. The van der Waals surface area contributed by atoms with Crippen LogP contribution in [-0.4, -0.2) is 75.0 Å². The van der Waals surface area contributed by atoms with Crippen LogP contribution in [0, 0.1) is 0 Å². The van der Waals surface area contributed by atoms with E-state index in [1.54, 1.807) is 47.1 Å². The summed E-state index contributed by atoms with van der Waals surface area (Å²) in [5.41, 5.74) is 1.02. The summed E-state index contributed by atoms with van der Waals surface area (Å²) in [7, 11) is -2.57. The fraction of sp³-hybridized carbons (Fsp3) is 0.214. The van der Waals surface area contributed by atoms with Crippen LogP contribution in [0.5, 0.6) is 5.75 Å². The Morgan fingerprint density at radius 3 is 2.45 bits per heavy atom. The standard InChI is InChI=1S/C28H28ClN5O5S/c1-19(29)9-12-23(30-2)28(36)34-16-14-33(15-17-34)27(35)22-11-10-21(18-24(22)39-3)32-40(37,38)25-8-4-6-20-7-5-13-31-26(20)25/h4-13,18,32H,2,14-17H2,1,3H3/b19-9+,23-12-. The maximum Gasteiger partial charge on any atom is 0.272 e. The van der Waals surface area contributed by atoms with Gasteiger partial charge in [-0.1, -0.05) is 29.8 Å². The van der Waals surface area contributed by atoms with Crippen molar-refractivity contribution in [2.45, 2.75) is 11.8 Å². The van der Waals surface area contributed by atoms with Gasteiger partial charge >= 0.3 is 0 Å². The van der Waals surface area contributed by atoms with Crippen molar-refractivity contribution >= 4 is 56.7 Å². The fourth-order valence-electron chi connectivity index (χ4n) is 4.26. The Hall–Kier alpha value is -4.22. The molecule has 1 aliphatic rings. The molecule has 1 aromatic heterocycles. The zero-order chi connectivity index (χ0) is 28.9. The Morgan fingerprint density at radius 1 is 1.07 bits per heavy atom. The van der Waals surface area contributed by atoms with Gasteiger partial charge in [-0.05, 0) is 50.1 Å². The fourth-order valence-corrected chi connectivity index (χ4v) is 5.56. The van der Waals surface area contributed by atoms with Crippen molar-refractivity contribution in [3.05, 3.63) is 83.2 Å². The van der Waals surface area contributed by atoms with Gasteiger partial charge in [0.25, 0.3) is 21.8 Å². The molecule has 0 atom stereocenters. The lowest BCUT2D eigenvalue weighted by atomic mass is 10.1. The summed E-state index contributed by atoms with van der Waals surface area (Å²) >= 11 is 5.84. The van der Waals surface area contributed by atoms with Gasteiger partial charge in [-0.3, -0.25) is 24.3 Å². The van der Waals surface area contributed by atoms with Gasteiger partial charge in [0.1, 0.15) is 16.3 Å². The number of pyridine rings is 1. The van der Waals surface area contributed by atoms with E-state index >= 15 is 0 Å². The molecule has 0 aliphatic carbocycles. The number of nitrogens with one attached hydrogen (secondary N) is 1. The van der Waals surface area contributed by atoms with Gasteiger partial charge in [0.15, 0.2) is 0 Å². The lowest BCUT2D eigenvalue weighted by molar-refractivity contribution is -0.128. The van der Waals surface area contributed by atoms with E-state index in [1.807, 2.05) is 0 Å². The third-order valence-corrected chi connectivity index (χ3v) is 7.82. The topological polar surface area (TPSA) is 121 Å². The van der Waals surface area contributed by atoms with Crippen molar-refractivity contribution in [3.63, 3.8) is 0 Å². The van der Waals surface area contributed by atoms with Crippen molar-refractivity contribution in [1.29, 1.82) is 0 Å². The van der Waals surface area contributed by atoms with Crippen LogP contribution in [0.3, 0.4) is 0 Å². The highest BCUT2D eigenvalue weighted by Gasteiger charge is 2.28. The number of ether oxygens (including phenoxy) is 1. The lowest BCUT2D eigenvalue weighted by Gasteiger charge is -2.35. The Bertz CT molecular complexity index is 1620. The summed E-state index contributed by atoms with van der Waals surface area (Å²) in [5, 5.41) is 1.20. The maximum absolute atomic E-state index is 13.3. The first-order chi connectivity index (χ1) is 19.1. The zero-order valence-corrected chi connectivity index (χ0v) is 23.6. The number of nitrogens with zero attached hydrogens (tertiary/aromatic N) is 4. The molecule has 208 valence electrons. The number of methoxy groups -OCH3 is 1. The molecule has 10 nitrogen and oxygen atoms in total. The van der Waals surface area contributed by atoms with Crippen LogP contribution >= 0.6 is 11.6 Å². The minimum absolute atomic E-state index is 0.0376. The second kappa shape index (κ2) is 12.3. The largest absolute Gasteiger partial charge is 0.496 e. The molecule has 0 saturated carbocycles. The van der Waals surface area contributed by atoms with E-state index < -0.39 is 10.0 Å². The highest BCUT2D eigenvalue weighted by atomic mass is 35.5. The minimum atomic E-state index is -3.98. The Balaban J connectivity index is 1.48. The molecule has 4 rings (SSSR count). The number of hydrogen-bond acceptors (Lipinski definition) is 7. The molecule has 1 N–H and O–H groups in total. The average molecular weight is 582 g/mol. The number of carbonyl (C=O) groups is 2. The van der Waals surface area contributed by atoms with Crippen molar-refractivity contribution in [2.75, 3.05) is 38.0 Å². The molecule has 0 bridgehead atoms. The van der Waals surface area contributed by atoms with Crippen LogP contribution in [-0.2, 0) is 14.8 Å². The van der Waals surface area contributed by atoms with Crippen LogP contribution in [0.2, 0.25) is 0 Å². The molecule has 1 fully saturated rings. The first-order valence-electron chi connectivity index (χ1n) is 12.3. The Kier molecular flexibility index (Phi) is 8.86. The maximum atomic E-state index is 13.3. The highest BCUT2D eigenvalue weighted by molar-refractivity contribution is 7.93. The summed E-state index contributed by atoms with van der Waals surface area (Å²) < 4.78 is 34.4. The van der Waals surface area contributed by atoms with Crippen LogP contribution in [0.25, 0.3) is 10.9 Å². The summed E-state index contributed by atoms with van der Waals surface area (Å²) in [6, 6.07) is 12.9. The molecule has 1 aliphatic heterocycles. The van der Waals surface area contributed by atoms with Gasteiger partial charge in [0.05, 0.1) is 23.9 Å². The summed E-state index contributed by atoms with van der Waals surface area (Å²) in [6.07, 6.45) is 4.61. The van der Waals surface area contributed by atoms with E-state index in [0.717, 1.165) is 0 Å². The molecular formula is C28H28ClN5O5S.